The smallest absolute Gasteiger partial charge is 0.0882 e. The minimum Gasteiger partial charge on any atom is -0.260 e. The Kier molecular flexibility index (Phi) is 5.45. The molecule has 0 spiro atoms. The molecule has 1 heteroatoms. The largest absolute Gasteiger partial charge is 0.260 e. The minimum absolute atomic E-state index is 0.630. The average Bonchev–Trinajstić information content (AvgIpc) is 3.81. The molecule has 0 saturated carbocycles. The molecule has 3 aliphatic rings. The number of hydrogen-bond acceptors (Lipinski definition) is 1. The zero-order valence-corrected chi connectivity index (χ0v) is 25.5. The second kappa shape index (κ2) is 9.73. The van der Waals surface area contributed by atoms with Crippen molar-refractivity contribution >= 4 is 0 Å². The van der Waals surface area contributed by atoms with Gasteiger partial charge in [0.1, 0.15) is 0 Å². The van der Waals surface area contributed by atoms with Crippen LogP contribution in [0.5, 0.6) is 0 Å². The Morgan fingerprint density at radius 2 is 0.717 bits per heavy atom. The molecule has 0 fully saturated rings. The molecule has 6 aromatic carbocycles. The number of rotatable bonds is 4. The number of aromatic nitrogens is 1. The van der Waals surface area contributed by atoms with Crippen LogP contribution >= 0.6 is 0 Å². The molecule has 1 aromatic heterocycles. The van der Waals surface area contributed by atoms with E-state index in [1.807, 2.05) is 6.20 Å². The third kappa shape index (κ3) is 3.43. The first-order valence-corrected chi connectivity index (χ1v) is 16.4. The summed E-state index contributed by atoms with van der Waals surface area (Å²) in [6.45, 7) is 0. The summed E-state index contributed by atoms with van der Waals surface area (Å²) in [5.74, 6) is 0. The van der Waals surface area contributed by atoms with Crippen LogP contribution in [0.15, 0.2) is 152 Å². The van der Waals surface area contributed by atoms with Gasteiger partial charge in [-0.05, 0) is 115 Å². The molecule has 0 bridgehead atoms. The lowest BCUT2D eigenvalue weighted by Gasteiger charge is -2.40. The Labute approximate surface area is 269 Å². The van der Waals surface area contributed by atoms with Crippen LogP contribution in [-0.2, 0) is 24.7 Å². The lowest BCUT2D eigenvalue weighted by molar-refractivity contribution is 0.693. The van der Waals surface area contributed by atoms with E-state index in [9.17, 15) is 0 Å². The highest BCUT2D eigenvalue weighted by molar-refractivity contribution is 5.85. The SMILES string of the molecule is c1ccc(C(c2cccc3c2Cc2ccccc2-3)(c2cccc3c2Cc2ccccc2-3)c2cccc3c2Cc2ccccc2-3)nc1. The highest BCUT2D eigenvalue weighted by Crippen LogP contribution is 2.55. The molecule has 46 heavy (non-hydrogen) atoms. The number of pyridine rings is 1. The van der Waals surface area contributed by atoms with Crippen molar-refractivity contribution in [1.82, 2.24) is 4.98 Å². The maximum absolute atomic E-state index is 5.30. The highest BCUT2D eigenvalue weighted by Gasteiger charge is 2.47. The molecule has 0 amide bonds. The molecular formula is C45H31N. The van der Waals surface area contributed by atoms with Crippen molar-refractivity contribution in [2.75, 3.05) is 0 Å². The van der Waals surface area contributed by atoms with Crippen LogP contribution in [0.2, 0.25) is 0 Å². The third-order valence-electron chi connectivity index (χ3n) is 10.8. The Morgan fingerprint density at radius 3 is 1.11 bits per heavy atom. The van der Waals surface area contributed by atoms with Crippen molar-refractivity contribution in [3.8, 4) is 33.4 Å². The van der Waals surface area contributed by atoms with Gasteiger partial charge in [-0.15, -0.1) is 0 Å². The molecule has 216 valence electrons. The van der Waals surface area contributed by atoms with Gasteiger partial charge in [-0.2, -0.15) is 0 Å². The standard InChI is InChI=1S/C45H31N/c1-4-15-32-29(12-1)26-38-35(32)18-9-21-41(38)45(44-24-7-8-25-46-44,42-22-10-19-36-33-16-5-2-13-30(33)27-39(36)42)43-23-11-20-37-34-17-6-3-14-31(34)28-40(37)43/h1-25H,26-28H2. The fourth-order valence-electron chi connectivity index (χ4n) is 8.96. The first kappa shape index (κ1) is 25.8. The van der Waals surface area contributed by atoms with Crippen molar-refractivity contribution in [2.24, 2.45) is 0 Å². The van der Waals surface area contributed by atoms with E-state index in [2.05, 4.69) is 146 Å². The summed E-state index contributed by atoms with van der Waals surface area (Å²) >= 11 is 0. The van der Waals surface area contributed by atoms with Gasteiger partial charge in [-0.3, -0.25) is 4.98 Å². The van der Waals surface area contributed by atoms with E-state index in [0.29, 0.717) is 0 Å². The fourth-order valence-corrected chi connectivity index (χ4v) is 8.96. The summed E-state index contributed by atoms with van der Waals surface area (Å²) in [5.41, 5.74) is 21.0. The molecule has 0 radical (unpaired) electrons. The Morgan fingerprint density at radius 1 is 0.348 bits per heavy atom. The van der Waals surface area contributed by atoms with E-state index in [1.54, 1.807) is 0 Å². The van der Waals surface area contributed by atoms with Gasteiger partial charge >= 0.3 is 0 Å². The number of fused-ring (bicyclic) bond motifs is 9. The Balaban J connectivity index is 1.37. The van der Waals surface area contributed by atoms with Crippen LogP contribution < -0.4 is 0 Å². The van der Waals surface area contributed by atoms with Gasteiger partial charge in [0.25, 0.3) is 0 Å². The van der Waals surface area contributed by atoms with Crippen molar-refractivity contribution in [3.63, 3.8) is 0 Å². The summed E-state index contributed by atoms with van der Waals surface area (Å²) in [5, 5.41) is 0. The summed E-state index contributed by atoms with van der Waals surface area (Å²) < 4.78 is 0. The summed E-state index contributed by atoms with van der Waals surface area (Å²) in [7, 11) is 0. The van der Waals surface area contributed by atoms with Crippen molar-refractivity contribution < 1.29 is 0 Å². The fraction of sp³-hybridized carbons (Fsp3) is 0.0889. The predicted molar refractivity (Wildman–Crippen MR) is 187 cm³/mol. The zero-order chi connectivity index (χ0) is 30.2. The van der Waals surface area contributed by atoms with E-state index in [-0.39, 0.29) is 0 Å². The van der Waals surface area contributed by atoms with Crippen LogP contribution in [0, 0.1) is 0 Å². The van der Waals surface area contributed by atoms with Crippen LogP contribution in [0.4, 0.5) is 0 Å². The summed E-state index contributed by atoms with van der Waals surface area (Å²) in [6.07, 6.45) is 4.74. The molecular weight excluding hydrogens is 555 g/mol. The van der Waals surface area contributed by atoms with Crippen molar-refractivity contribution in [2.45, 2.75) is 24.7 Å². The monoisotopic (exact) mass is 585 g/mol. The molecule has 10 rings (SSSR count). The highest BCUT2D eigenvalue weighted by atomic mass is 14.7. The van der Waals surface area contributed by atoms with Crippen LogP contribution in [0.3, 0.4) is 0 Å². The predicted octanol–water partition coefficient (Wildman–Crippen LogP) is 10.2. The minimum atomic E-state index is -0.630. The lowest BCUT2D eigenvalue weighted by Crippen LogP contribution is -2.35. The normalized spacial score (nSPS) is 13.4. The maximum Gasteiger partial charge on any atom is 0.0882 e. The second-order valence-corrected chi connectivity index (χ2v) is 13.0. The summed E-state index contributed by atoms with van der Waals surface area (Å²) in [4.78, 5) is 5.30. The molecule has 0 aliphatic heterocycles. The first-order chi connectivity index (χ1) is 22.8. The Hall–Kier alpha value is -5.53. The van der Waals surface area contributed by atoms with Gasteiger partial charge in [0, 0.05) is 6.20 Å². The van der Waals surface area contributed by atoms with E-state index in [1.165, 1.54) is 83.5 Å². The number of benzene rings is 6. The molecule has 0 unspecified atom stereocenters. The average molecular weight is 586 g/mol. The maximum atomic E-state index is 5.30. The molecule has 0 saturated heterocycles. The van der Waals surface area contributed by atoms with Gasteiger partial charge in [0.2, 0.25) is 0 Å². The van der Waals surface area contributed by atoms with Crippen LogP contribution in [0.25, 0.3) is 33.4 Å². The van der Waals surface area contributed by atoms with Gasteiger partial charge < -0.3 is 0 Å². The molecule has 0 atom stereocenters. The van der Waals surface area contributed by atoms with Crippen molar-refractivity contribution in [1.29, 1.82) is 0 Å². The zero-order valence-electron chi connectivity index (χ0n) is 25.5. The van der Waals surface area contributed by atoms with Crippen LogP contribution in [0.1, 0.15) is 55.8 Å². The molecule has 3 aliphatic carbocycles. The molecule has 7 aromatic rings. The van der Waals surface area contributed by atoms with Crippen molar-refractivity contribution in [3.05, 3.63) is 208 Å². The second-order valence-electron chi connectivity index (χ2n) is 13.0. The van der Waals surface area contributed by atoms with Gasteiger partial charge in [0.15, 0.2) is 0 Å². The van der Waals surface area contributed by atoms with Gasteiger partial charge in [0.05, 0.1) is 11.1 Å². The number of hydrogen-bond donors (Lipinski definition) is 0. The molecule has 1 nitrogen and oxygen atoms in total. The van der Waals surface area contributed by atoms with E-state index < -0.39 is 5.41 Å². The van der Waals surface area contributed by atoms with Gasteiger partial charge in [-0.1, -0.05) is 133 Å². The summed E-state index contributed by atoms with van der Waals surface area (Å²) in [6, 6.07) is 54.4. The first-order valence-electron chi connectivity index (χ1n) is 16.4. The lowest BCUT2D eigenvalue weighted by atomic mass is 9.62. The molecule has 1 heterocycles. The third-order valence-corrected chi connectivity index (χ3v) is 10.8. The van der Waals surface area contributed by atoms with Crippen LogP contribution in [-0.4, -0.2) is 4.98 Å². The van der Waals surface area contributed by atoms with E-state index >= 15 is 0 Å². The quantitative estimate of drug-likeness (QED) is 0.187. The Bertz CT molecular complexity index is 2110. The number of nitrogens with zero attached hydrogens (tertiary/aromatic N) is 1. The topological polar surface area (TPSA) is 12.9 Å². The van der Waals surface area contributed by atoms with Gasteiger partial charge in [-0.25, -0.2) is 0 Å². The van der Waals surface area contributed by atoms with E-state index in [0.717, 1.165) is 25.0 Å². The molecule has 0 N–H and O–H groups in total. The van der Waals surface area contributed by atoms with E-state index in [4.69, 9.17) is 4.98 Å².